The third kappa shape index (κ3) is 2.68. The fourth-order valence-electron chi connectivity index (χ4n) is 3.02. The van der Waals surface area contributed by atoms with E-state index in [2.05, 4.69) is 9.97 Å². The van der Waals surface area contributed by atoms with Crippen LogP contribution in [0.5, 0.6) is 0 Å². The number of benzene rings is 1. The number of aryl methyl sites for hydroxylation is 1. The van der Waals surface area contributed by atoms with E-state index in [1.165, 1.54) is 0 Å². The van der Waals surface area contributed by atoms with Crippen LogP contribution in [-0.2, 0) is 0 Å². The standard InChI is InChI=1S/C18H21N3O3/c1-11-19-7-13(8-20-11)12-4-5-15-16(6-12)21(9-14(23)10-22)18(2,3)17(15)24/h4-8,14,22-23H,9-10H2,1-3H3. The number of aliphatic hydroxyl groups excluding tert-OH is 2. The monoisotopic (exact) mass is 327 g/mol. The van der Waals surface area contributed by atoms with E-state index in [9.17, 15) is 9.90 Å². The molecule has 0 spiro atoms. The molecular weight excluding hydrogens is 306 g/mol. The summed E-state index contributed by atoms with van der Waals surface area (Å²) < 4.78 is 0. The Kier molecular flexibility index (Phi) is 4.11. The maximum absolute atomic E-state index is 12.7. The molecule has 1 aromatic heterocycles. The zero-order valence-corrected chi connectivity index (χ0v) is 14.0. The second-order valence-electron chi connectivity index (χ2n) is 6.59. The third-order valence-electron chi connectivity index (χ3n) is 4.48. The van der Waals surface area contributed by atoms with Gasteiger partial charge in [0, 0.05) is 35.8 Å². The number of rotatable bonds is 4. The Morgan fingerprint density at radius 1 is 1.21 bits per heavy atom. The van der Waals surface area contributed by atoms with Crippen LogP contribution >= 0.6 is 0 Å². The van der Waals surface area contributed by atoms with Gasteiger partial charge >= 0.3 is 0 Å². The van der Waals surface area contributed by atoms with Crippen LogP contribution in [-0.4, -0.2) is 50.8 Å². The van der Waals surface area contributed by atoms with Gasteiger partial charge in [-0.25, -0.2) is 9.97 Å². The SMILES string of the molecule is Cc1ncc(-c2ccc3c(c2)N(CC(O)CO)C(C)(C)C3=O)cn1. The molecule has 126 valence electrons. The molecule has 0 saturated heterocycles. The normalized spacial score (nSPS) is 17.0. The summed E-state index contributed by atoms with van der Waals surface area (Å²) in [5.74, 6) is 0.707. The number of Topliss-reactive ketones (excluding diaryl/α,β-unsaturated/α-hetero) is 1. The van der Waals surface area contributed by atoms with Gasteiger partial charge in [0.2, 0.25) is 0 Å². The van der Waals surface area contributed by atoms with Crippen molar-refractivity contribution in [1.29, 1.82) is 0 Å². The zero-order valence-electron chi connectivity index (χ0n) is 14.0. The Labute approximate surface area is 140 Å². The Morgan fingerprint density at radius 2 is 1.88 bits per heavy atom. The van der Waals surface area contributed by atoms with Gasteiger partial charge in [-0.15, -0.1) is 0 Å². The van der Waals surface area contributed by atoms with Crippen molar-refractivity contribution in [2.24, 2.45) is 0 Å². The first kappa shape index (κ1) is 16.5. The number of hydrogen-bond acceptors (Lipinski definition) is 6. The molecule has 0 fully saturated rings. The van der Waals surface area contributed by atoms with Crippen molar-refractivity contribution in [3.8, 4) is 11.1 Å². The van der Waals surface area contributed by atoms with Gasteiger partial charge in [-0.2, -0.15) is 0 Å². The quantitative estimate of drug-likeness (QED) is 0.887. The number of carbonyl (C=O) groups excluding carboxylic acids is 1. The lowest BCUT2D eigenvalue weighted by atomic mass is 9.96. The first-order valence-corrected chi connectivity index (χ1v) is 7.89. The molecule has 0 amide bonds. The average Bonchev–Trinajstić information content (AvgIpc) is 2.76. The number of carbonyl (C=O) groups is 1. The summed E-state index contributed by atoms with van der Waals surface area (Å²) in [6.45, 7) is 5.32. The zero-order chi connectivity index (χ0) is 17.5. The molecule has 1 unspecified atom stereocenters. The maximum Gasteiger partial charge on any atom is 0.189 e. The number of hydrogen-bond donors (Lipinski definition) is 2. The van der Waals surface area contributed by atoms with Crippen molar-refractivity contribution in [3.63, 3.8) is 0 Å². The van der Waals surface area contributed by atoms with Crippen molar-refractivity contribution < 1.29 is 15.0 Å². The molecule has 2 aromatic rings. The fraction of sp³-hybridized carbons (Fsp3) is 0.389. The van der Waals surface area contributed by atoms with Crippen LogP contribution < -0.4 is 4.90 Å². The predicted octanol–water partition coefficient (Wildman–Crippen LogP) is 1.59. The van der Waals surface area contributed by atoms with Crippen LogP contribution in [0.25, 0.3) is 11.1 Å². The van der Waals surface area contributed by atoms with E-state index < -0.39 is 11.6 Å². The molecule has 0 aliphatic carbocycles. The molecule has 1 atom stereocenters. The molecular formula is C18H21N3O3. The largest absolute Gasteiger partial charge is 0.394 e. The van der Waals surface area contributed by atoms with Crippen LogP contribution in [0.3, 0.4) is 0 Å². The Bertz CT molecular complexity index is 772. The van der Waals surface area contributed by atoms with E-state index in [1.807, 2.05) is 37.8 Å². The molecule has 2 heterocycles. The third-order valence-corrected chi connectivity index (χ3v) is 4.48. The van der Waals surface area contributed by atoms with Crippen molar-refractivity contribution >= 4 is 11.5 Å². The summed E-state index contributed by atoms with van der Waals surface area (Å²) in [5, 5.41) is 19.0. The number of anilines is 1. The van der Waals surface area contributed by atoms with Crippen molar-refractivity contribution in [2.75, 3.05) is 18.1 Å². The lowest BCUT2D eigenvalue weighted by Gasteiger charge is -2.34. The highest BCUT2D eigenvalue weighted by Gasteiger charge is 2.44. The van der Waals surface area contributed by atoms with E-state index in [4.69, 9.17) is 5.11 Å². The van der Waals surface area contributed by atoms with E-state index >= 15 is 0 Å². The van der Waals surface area contributed by atoms with Gasteiger partial charge in [0.05, 0.1) is 18.2 Å². The number of aliphatic hydroxyl groups is 2. The Morgan fingerprint density at radius 3 is 2.50 bits per heavy atom. The van der Waals surface area contributed by atoms with Crippen LogP contribution in [0.1, 0.15) is 30.0 Å². The number of fused-ring (bicyclic) bond motifs is 1. The second kappa shape index (κ2) is 5.96. The topological polar surface area (TPSA) is 86.5 Å². The number of ketones is 1. The van der Waals surface area contributed by atoms with Gasteiger partial charge in [-0.05, 0) is 38.5 Å². The van der Waals surface area contributed by atoms with Crippen molar-refractivity contribution in [2.45, 2.75) is 32.4 Å². The molecule has 1 aliphatic rings. The Balaban J connectivity index is 2.05. The fourth-order valence-corrected chi connectivity index (χ4v) is 3.02. The van der Waals surface area contributed by atoms with E-state index in [0.29, 0.717) is 11.4 Å². The molecule has 0 bridgehead atoms. The highest BCUT2D eigenvalue weighted by molar-refractivity contribution is 6.14. The molecule has 3 rings (SSSR count). The average molecular weight is 327 g/mol. The lowest BCUT2D eigenvalue weighted by Crippen LogP contribution is -2.48. The first-order chi connectivity index (χ1) is 11.3. The minimum Gasteiger partial charge on any atom is -0.394 e. The van der Waals surface area contributed by atoms with Gasteiger partial charge in [0.25, 0.3) is 0 Å². The van der Waals surface area contributed by atoms with Gasteiger partial charge < -0.3 is 15.1 Å². The van der Waals surface area contributed by atoms with E-state index in [-0.39, 0.29) is 18.9 Å². The van der Waals surface area contributed by atoms with Crippen LogP contribution in [0.15, 0.2) is 30.6 Å². The summed E-state index contributed by atoms with van der Waals surface area (Å²) in [7, 11) is 0. The molecule has 1 aliphatic heterocycles. The summed E-state index contributed by atoms with van der Waals surface area (Å²) in [6, 6.07) is 5.60. The first-order valence-electron chi connectivity index (χ1n) is 7.89. The van der Waals surface area contributed by atoms with Crippen LogP contribution in [0.2, 0.25) is 0 Å². The molecule has 0 saturated carbocycles. The molecule has 1 aromatic carbocycles. The van der Waals surface area contributed by atoms with E-state index in [0.717, 1.165) is 16.8 Å². The molecule has 6 heteroatoms. The van der Waals surface area contributed by atoms with E-state index in [1.54, 1.807) is 18.5 Å². The van der Waals surface area contributed by atoms with Gasteiger partial charge in [-0.3, -0.25) is 4.79 Å². The van der Waals surface area contributed by atoms with Crippen molar-refractivity contribution in [3.05, 3.63) is 42.0 Å². The number of aromatic nitrogens is 2. The molecule has 0 radical (unpaired) electrons. The Hall–Kier alpha value is -2.31. The summed E-state index contributed by atoms with van der Waals surface area (Å²) in [6.07, 6.45) is 2.59. The lowest BCUT2D eigenvalue weighted by molar-refractivity contribution is 0.0858. The minimum absolute atomic E-state index is 0.00865. The van der Waals surface area contributed by atoms with Gasteiger partial charge in [0.1, 0.15) is 5.82 Å². The molecule has 24 heavy (non-hydrogen) atoms. The van der Waals surface area contributed by atoms with Crippen molar-refractivity contribution in [1.82, 2.24) is 9.97 Å². The number of nitrogens with zero attached hydrogens (tertiary/aromatic N) is 3. The highest BCUT2D eigenvalue weighted by atomic mass is 16.3. The minimum atomic E-state index is -0.908. The molecule has 6 nitrogen and oxygen atoms in total. The van der Waals surface area contributed by atoms with Gasteiger partial charge in [0.15, 0.2) is 5.78 Å². The highest BCUT2D eigenvalue weighted by Crippen LogP contribution is 2.40. The smallest absolute Gasteiger partial charge is 0.189 e. The predicted molar refractivity (Wildman–Crippen MR) is 91.1 cm³/mol. The van der Waals surface area contributed by atoms with Crippen LogP contribution in [0.4, 0.5) is 5.69 Å². The maximum atomic E-state index is 12.7. The summed E-state index contributed by atoms with van der Waals surface area (Å²) in [5.41, 5.74) is 2.39. The molecule has 2 N–H and O–H groups in total. The second-order valence-corrected chi connectivity index (χ2v) is 6.59. The van der Waals surface area contributed by atoms with Gasteiger partial charge in [-0.1, -0.05) is 6.07 Å². The summed E-state index contributed by atoms with van der Waals surface area (Å²) in [4.78, 5) is 22.9. The summed E-state index contributed by atoms with van der Waals surface area (Å²) >= 11 is 0. The van der Waals surface area contributed by atoms with Crippen LogP contribution in [0, 0.1) is 6.92 Å². The number of β-amino-alcohol motifs (C(OH)–C–C–N with tert-alkyl or cyclic N) is 1.